The Labute approximate surface area is 100 Å². The highest BCUT2D eigenvalue weighted by molar-refractivity contribution is 7.81. The van der Waals surface area contributed by atoms with E-state index >= 15 is 0 Å². The average Bonchev–Trinajstić information content (AvgIpc) is 2.25. The molecule has 1 aromatic rings. The lowest BCUT2D eigenvalue weighted by Crippen LogP contribution is -2.14. The van der Waals surface area contributed by atoms with Gasteiger partial charge in [-0.1, -0.05) is 24.3 Å². The number of hydrogen-bond acceptors (Lipinski definition) is 4. The number of esters is 1. The highest BCUT2D eigenvalue weighted by Crippen LogP contribution is 2.14. The Morgan fingerprint density at radius 2 is 2.00 bits per heavy atom. The first-order valence-corrected chi connectivity index (χ1v) is 5.47. The van der Waals surface area contributed by atoms with Crippen molar-refractivity contribution in [2.75, 3.05) is 0 Å². The fourth-order valence-corrected chi connectivity index (χ4v) is 1.43. The lowest BCUT2D eigenvalue weighted by atomic mass is 10.0. The molecule has 1 atom stereocenters. The third-order valence-corrected chi connectivity index (χ3v) is 2.33. The van der Waals surface area contributed by atoms with E-state index in [9.17, 15) is 9.59 Å². The van der Waals surface area contributed by atoms with Gasteiger partial charge in [-0.2, -0.15) is 12.6 Å². The van der Waals surface area contributed by atoms with Crippen LogP contribution in [0.1, 0.15) is 29.8 Å². The van der Waals surface area contributed by atoms with Gasteiger partial charge in [0, 0.05) is 18.1 Å². The third-order valence-electron chi connectivity index (χ3n) is 2.09. The minimum atomic E-state index is -0.363. The van der Waals surface area contributed by atoms with Crippen LogP contribution in [0.3, 0.4) is 0 Å². The summed E-state index contributed by atoms with van der Waals surface area (Å²) in [7, 11) is 0. The summed E-state index contributed by atoms with van der Waals surface area (Å²) in [6, 6.07) is 7.07. The van der Waals surface area contributed by atoms with Crippen molar-refractivity contribution in [3.63, 3.8) is 0 Å². The topological polar surface area (TPSA) is 43.4 Å². The van der Waals surface area contributed by atoms with Gasteiger partial charge in [-0.3, -0.25) is 9.59 Å². The van der Waals surface area contributed by atoms with Gasteiger partial charge in [-0.05, 0) is 6.92 Å². The summed E-state index contributed by atoms with van der Waals surface area (Å²) in [5.74, 6) is -0.424. The van der Waals surface area contributed by atoms with Crippen molar-refractivity contribution in [3.05, 3.63) is 35.4 Å². The lowest BCUT2D eigenvalue weighted by molar-refractivity contribution is -0.142. The highest BCUT2D eigenvalue weighted by atomic mass is 32.1. The number of benzene rings is 1. The molecule has 4 heteroatoms. The number of ketones is 1. The SMILES string of the molecule is CC(=O)OCc1ccccc1C(=O)C(C)S. The predicted molar refractivity (Wildman–Crippen MR) is 64.7 cm³/mol. The van der Waals surface area contributed by atoms with Crippen LogP contribution in [0.5, 0.6) is 0 Å². The highest BCUT2D eigenvalue weighted by Gasteiger charge is 2.15. The van der Waals surface area contributed by atoms with Gasteiger partial charge in [0.25, 0.3) is 0 Å². The molecule has 0 spiro atoms. The predicted octanol–water partition coefficient (Wildman–Crippen LogP) is 2.25. The largest absolute Gasteiger partial charge is 0.461 e. The van der Waals surface area contributed by atoms with Gasteiger partial charge >= 0.3 is 5.97 Å². The Balaban J connectivity index is 2.91. The van der Waals surface area contributed by atoms with Crippen LogP contribution in [0.25, 0.3) is 0 Å². The second-order valence-electron chi connectivity index (χ2n) is 3.48. The smallest absolute Gasteiger partial charge is 0.302 e. The Kier molecular flexibility index (Phi) is 4.55. The molecule has 0 amide bonds. The Morgan fingerprint density at radius 3 is 2.56 bits per heavy atom. The zero-order valence-electron chi connectivity index (χ0n) is 9.27. The average molecular weight is 238 g/mol. The maximum Gasteiger partial charge on any atom is 0.302 e. The summed E-state index contributed by atoms with van der Waals surface area (Å²) < 4.78 is 4.88. The van der Waals surface area contributed by atoms with E-state index in [4.69, 9.17) is 4.74 Å². The molecule has 3 nitrogen and oxygen atoms in total. The van der Waals surface area contributed by atoms with E-state index < -0.39 is 0 Å². The summed E-state index contributed by atoms with van der Waals surface area (Å²) in [6.07, 6.45) is 0. The first kappa shape index (κ1) is 12.8. The number of rotatable bonds is 4. The Morgan fingerprint density at radius 1 is 1.38 bits per heavy atom. The molecular weight excluding hydrogens is 224 g/mol. The van der Waals surface area contributed by atoms with Crippen LogP contribution in [-0.2, 0) is 16.1 Å². The van der Waals surface area contributed by atoms with Gasteiger partial charge < -0.3 is 4.74 Å². The van der Waals surface area contributed by atoms with Crippen LogP contribution in [0.4, 0.5) is 0 Å². The quantitative estimate of drug-likeness (QED) is 0.497. The van der Waals surface area contributed by atoms with E-state index in [0.717, 1.165) is 0 Å². The molecule has 1 rings (SSSR count). The number of Topliss-reactive ketones (excluding diaryl/α,β-unsaturated/α-hetero) is 1. The zero-order chi connectivity index (χ0) is 12.1. The van der Waals surface area contributed by atoms with Gasteiger partial charge in [0.15, 0.2) is 5.78 Å². The zero-order valence-corrected chi connectivity index (χ0v) is 10.2. The summed E-state index contributed by atoms with van der Waals surface area (Å²) in [4.78, 5) is 22.5. The molecule has 0 saturated heterocycles. The molecule has 16 heavy (non-hydrogen) atoms. The van der Waals surface area contributed by atoms with E-state index in [2.05, 4.69) is 12.6 Å². The molecule has 0 aliphatic carbocycles. The maximum atomic E-state index is 11.8. The minimum absolute atomic E-state index is 0.0638. The monoisotopic (exact) mass is 238 g/mol. The summed E-state index contributed by atoms with van der Waals surface area (Å²) in [6.45, 7) is 3.18. The molecule has 0 fully saturated rings. The van der Waals surface area contributed by atoms with Crippen molar-refractivity contribution in [1.82, 2.24) is 0 Å². The van der Waals surface area contributed by atoms with Crippen LogP contribution in [0, 0.1) is 0 Å². The molecule has 0 heterocycles. The lowest BCUT2D eigenvalue weighted by Gasteiger charge is -2.09. The fraction of sp³-hybridized carbons (Fsp3) is 0.333. The van der Waals surface area contributed by atoms with Crippen molar-refractivity contribution >= 4 is 24.4 Å². The standard InChI is InChI=1S/C12H14O3S/c1-8(16)12(14)11-6-4-3-5-10(11)7-15-9(2)13/h3-6,8,16H,7H2,1-2H3. The first-order valence-electron chi connectivity index (χ1n) is 4.96. The molecule has 0 aromatic heterocycles. The molecule has 86 valence electrons. The van der Waals surface area contributed by atoms with E-state index in [1.807, 2.05) is 0 Å². The normalized spacial score (nSPS) is 11.9. The van der Waals surface area contributed by atoms with Crippen molar-refractivity contribution in [3.8, 4) is 0 Å². The third kappa shape index (κ3) is 3.38. The number of hydrogen-bond donors (Lipinski definition) is 1. The number of carbonyl (C=O) groups excluding carboxylic acids is 2. The van der Waals surface area contributed by atoms with Crippen molar-refractivity contribution in [1.29, 1.82) is 0 Å². The van der Waals surface area contributed by atoms with Gasteiger partial charge in [0.1, 0.15) is 6.61 Å². The van der Waals surface area contributed by atoms with Gasteiger partial charge in [0.2, 0.25) is 0 Å². The van der Waals surface area contributed by atoms with Crippen LogP contribution in [0.2, 0.25) is 0 Å². The molecule has 1 aromatic carbocycles. The summed E-state index contributed by atoms with van der Waals surface area (Å²) in [5.41, 5.74) is 1.27. The Bertz CT molecular complexity index is 399. The maximum absolute atomic E-state index is 11.8. The molecule has 0 N–H and O–H groups in total. The molecule has 1 unspecified atom stereocenters. The van der Waals surface area contributed by atoms with Gasteiger partial charge in [-0.15, -0.1) is 0 Å². The number of ether oxygens (including phenoxy) is 1. The van der Waals surface area contributed by atoms with Crippen LogP contribution >= 0.6 is 12.6 Å². The van der Waals surface area contributed by atoms with Gasteiger partial charge in [0.05, 0.1) is 5.25 Å². The fourth-order valence-electron chi connectivity index (χ4n) is 1.29. The van der Waals surface area contributed by atoms with E-state index in [0.29, 0.717) is 11.1 Å². The Hall–Kier alpha value is -1.29. The van der Waals surface area contributed by atoms with Crippen LogP contribution < -0.4 is 0 Å². The van der Waals surface area contributed by atoms with Crippen molar-refractivity contribution < 1.29 is 14.3 Å². The summed E-state index contributed by atoms with van der Waals surface area (Å²) >= 11 is 4.10. The van der Waals surface area contributed by atoms with Crippen molar-refractivity contribution in [2.45, 2.75) is 25.7 Å². The molecule has 0 radical (unpaired) electrons. The second-order valence-corrected chi connectivity index (χ2v) is 4.25. The van der Waals surface area contributed by atoms with Crippen LogP contribution in [-0.4, -0.2) is 17.0 Å². The minimum Gasteiger partial charge on any atom is -0.461 e. The molecule has 0 aliphatic rings. The summed E-state index contributed by atoms with van der Waals surface area (Å²) in [5, 5.41) is -0.363. The second kappa shape index (κ2) is 5.70. The number of carbonyl (C=O) groups is 2. The molecular formula is C12H14O3S. The van der Waals surface area contributed by atoms with Crippen LogP contribution in [0.15, 0.2) is 24.3 Å². The van der Waals surface area contributed by atoms with Crippen molar-refractivity contribution in [2.24, 2.45) is 0 Å². The molecule has 0 saturated carbocycles. The molecule has 0 bridgehead atoms. The number of thiol groups is 1. The van der Waals surface area contributed by atoms with E-state index in [1.165, 1.54) is 6.92 Å². The van der Waals surface area contributed by atoms with E-state index in [-0.39, 0.29) is 23.6 Å². The van der Waals surface area contributed by atoms with Gasteiger partial charge in [-0.25, -0.2) is 0 Å². The first-order chi connectivity index (χ1) is 7.52. The van der Waals surface area contributed by atoms with E-state index in [1.54, 1.807) is 31.2 Å². The molecule has 0 aliphatic heterocycles.